The van der Waals surface area contributed by atoms with Gasteiger partial charge in [-0.05, 0) is 26.0 Å². The molecule has 0 aliphatic heterocycles. The first-order valence-corrected chi connectivity index (χ1v) is 5.65. The molecule has 0 spiro atoms. The number of nitrogen functional groups attached to an aromatic ring is 1. The summed E-state index contributed by atoms with van der Waals surface area (Å²) in [5, 5.41) is 0. The predicted octanol–water partition coefficient (Wildman–Crippen LogP) is 2.64. The lowest BCUT2D eigenvalue weighted by Gasteiger charge is -2.09. The fourth-order valence-electron chi connectivity index (χ4n) is 1.38. The molecule has 0 amide bonds. The molecule has 2 N–H and O–H groups in total. The number of rotatable bonds is 4. The molecule has 1 heterocycles. The standard InChI is InChI=1S/C13H15N3O2/c1-9(2)17-12-7-13(16-8-15-12)18-11-5-3-4-10(14)6-11/h3-9H,14H2,1-2H3. The monoisotopic (exact) mass is 245 g/mol. The molecule has 0 atom stereocenters. The molecule has 0 bridgehead atoms. The van der Waals surface area contributed by atoms with E-state index in [1.807, 2.05) is 19.9 Å². The predicted molar refractivity (Wildman–Crippen MR) is 68.7 cm³/mol. The summed E-state index contributed by atoms with van der Waals surface area (Å²) in [6.07, 6.45) is 1.46. The van der Waals surface area contributed by atoms with Crippen LogP contribution in [0.2, 0.25) is 0 Å². The van der Waals surface area contributed by atoms with Crippen molar-refractivity contribution in [2.24, 2.45) is 0 Å². The topological polar surface area (TPSA) is 70.3 Å². The smallest absolute Gasteiger partial charge is 0.226 e. The normalized spacial score (nSPS) is 10.4. The number of nitrogens with zero attached hydrogens (tertiary/aromatic N) is 2. The Morgan fingerprint density at radius 3 is 2.61 bits per heavy atom. The summed E-state index contributed by atoms with van der Waals surface area (Å²) >= 11 is 0. The van der Waals surface area contributed by atoms with Gasteiger partial charge < -0.3 is 15.2 Å². The largest absolute Gasteiger partial charge is 0.475 e. The third kappa shape index (κ3) is 3.35. The van der Waals surface area contributed by atoms with Crippen molar-refractivity contribution in [3.8, 4) is 17.5 Å². The molecule has 0 aliphatic carbocycles. The second-order valence-electron chi connectivity index (χ2n) is 4.04. The summed E-state index contributed by atoms with van der Waals surface area (Å²) in [5.41, 5.74) is 6.31. The van der Waals surface area contributed by atoms with E-state index in [4.69, 9.17) is 15.2 Å². The van der Waals surface area contributed by atoms with Crippen LogP contribution in [0.15, 0.2) is 36.7 Å². The molecule has 0 unspecified atom stereocenters. The van der Waals surface area contributed by atoms with E-state index in [1.165, 1.54) is 6.33 Å². The first-order valence-electron chi connectivity index (χ1n) is 5.65. The first kappa shape index (κ1) is 12.2. The van der Waals surface area contributed by atoms with Gasteiger partial charge in [0.1, 0.15) is 12.1 Å². The summed E-state index contributed by atoms with van der Waals surface area (Å²) in [4.78, 5) is 8.02. The summed E-state index contributed by atoms with van der Waals surface area (Å²) in [6.45, 7) is 3.86. The lowest BCUT2D eigenvalue weighted by atomic mass is 10.3. The Kier molecular flexibility index (Phi) is 3.62. The van der Waals surface area contributed by atoms with Crippen molar-refractivity contribution in [1.82, 2.24) is 9.97 Å². The summed E-state index contributed by atoms with van der Waals surface area (Å²) in [6, 6.07) is 8.78. The zero-order valence-corrected chi connectivity index (χ0v) is 10.3. The fourth-order valence-corrected chi connectivity index (χ4v) is 1.38. The molecule has 0 aliphatic rings. The number of aromatic nitrogens is 2. The molecule has 0 radical (unpaired) electrons. The van der Waals surface area contributed by atoms with E-state index in [-0.39, 0.29) is 6.10 Å². The van der Waals surface area contributed by atoms with Gasteiger partial charge in [-0.3, -0.25) is 0 Å². The van der Waals surface area contributed by atoms with Gasteiger partial charge in [-0.15, -0.1) is 0 Å². The highest BCUT2D eigenvalue weighted by atomic mass is 16.5. The Morgan fingerprint density at radius 1 is 1.11 bits per heavy atom. The molecule has 2 aromatic rings. The van der Waals surface area contributed by atoms with E-state index in [0.29, 0.717) is 23.2 Å². The molecule has 94 valence electrons. The molecular weight excluding hydrogens is 230 g/mol. The van der Waals surface area contributed by atoms with E-state index < -0.39 is 0 Å². The Balaban J connectivity index is 2.14. The molecule has 0 saturated heterocycles. The van der Waals surface area contributed by atoms with Gasteiger partial charge >= 0.3 is 0 Å². The highest BCUT2D eigenvalue weighted by Crippen LogP contribution is 2.23. The zero-order chi connectivity index (χ0) is 13.0. The van der Waals surface area contributed by atoms with Crippen molar-refractivity contribution in [2.45, 2.75) is 20.0 Å². The van der Waals surface area contributed by atoms with Crippen molar-refractivity contribution in [3.05, 3.63) is 36.7 Å². The Bertz CT molecular complexity index is 529. The SMILES string of the molecule is CC(C)Oc1cc(Oc2cccc(N)c2)ncn1. The van der Waals surface area contributed by atoms with Crippen LogP contribution in [0.4, 0.5) is 5.69 Å². The van der Waals surface area contributed by atoms with Gasteiger partial charge in [0.15, 0.2) is 0 Å². The number of benzene rings is 1. The van der Waals surface area contributed by atoms with Crippen molar-refractivity contribution < 1.29 is 9.47 Å². The minimum absolute atomic E-state index is 0.0557. The lowest BCUT2D eigenvalue weighted by Crippen LogP contribution is -2.07. The minimum atomic E-state index is 0.0557. The minimum Gasteiger partial charge on any atom is -0.475 e. The van der Waals surface area contributed by atoms with Crippen molar-refractivity contribution in [1.29, 1.82) is 0 Å². The number of ether oxygens (including phenoxy) is 2. The number of hydrogen-bond acceptors (Lipinski definition) is 5. The van der Waals surface area contributed by atoms with E-state index in [0.717, 1.165) is 0 Å². The van der Waals surface area contributed by atoms with Crippen LogP contribution in [0.3, 0.4) is 0 Å². The van der Waals surface area contributed by atoms with E-state index >= 15 is 0 Å². The van der Waals surface area contributed by atoms with Crippen LogP contribution in [-0.2, 0) is 0 Å². The summed E-state index contributed by atoms with van der Waals surface area (Å²) in [5.74, 6) is 1.54. The van der Waals surface area contributed by atoms with Gasteiger partial charge in [-0.2, -0.15) is 0 Å². The molecule has 2 rings (SSSR count). The highest BCUT2D eigenvalue weighted by molar-refractivity contribution is 5.44. The fraction of sp³-hybridized carbons (Fsp3) is 0.231. The number of hydrogen-bond donors (Lipinski definition) is 1. The van der Waals surface area contributed by atoms with Crippen molar-refractivity contribution >= 4 is 5.69 Å². The maximum atomic E-state index is 5.67. The van der Waals surface area contributed by atoms with Gasteiger partial charge in [0.2, 0.25) is 11.8 Å². The highest BCUT2D eigenvalue weighted by Gasteiger charge is 2.04. The van der Waals surface area contributed by atoms with Crippen molar-refractivity contribution in [2.75, 3.05) is 5.73 Å². The Labute approximate surface area is 106 Å². The van der Waals surface area contributed by atoms with Gasteiger partial charge in [0.05, 0.1) is 12.2 Å². The molecule has 1 aromatic heterocycles. The maximum absolute atomic E-state index is 5.67. The van der Waals surface area contributed by atoms with Crippen LogP contribution < -0.4 is 15.2 Å². The van der Waals surface area contributed by atoms with E-state index in [2.05, 4.69) is 9.97 Å². The Hall–Kier alpha value is -2.30. The summed E-state index contributed by atoms with van der Waals surface area (Å²) < 4.78 is 11.0. The number of nitrogens with two attached hydrogens (primary N) is 1. The lowest BCUT2D eigenvalue weighted by molar-refractivity contribution is 0.231. The third-order valence-corrected chi connectivity index (χ3v) is 2.05. The van der Waals surface area contributed by atoms with Crippen LogP contribution in [0, 0.1) is 0 Å². The van der Waals surface area contributed by atoms with Crippen LogP contribution in [-0.4, -0.2) is 16.1 Å². The molecule has 1 aromatic carbocycles. The zero-order valence-electron chi connectivity index (χ0n) is 10.3. The van der Waals surface area contributed by atoms with Crippen LogP contribution in [0.5, 0.6) is 17.5 Å². The molecule has 0 fully saturated rings. The average molecular weight is 245 g/mol. The Morgan fingerprint density at radius 2 is 1.89 bits per heavy atom. The molecule has 0 saturated carbocycles. The van der Waals surface area contributed by atoms with Crippen molar-refractivity contribution in [3.63, 3.8) is 0 Å². The van der Waals surface area contributed by atoms with Gasteiger partial charge in [-0.25, -0.2) is 9.97 Å². The maximum Gasteiger partial charge on any atom is 0.226 e. The second-order valence-corrected chi connectivity index (χ2v) is 4.04. The number of anilines is 1. The molecule has 18 heavy (non-hydrogen) atoms. The van der Waals surface area contributed by atoms with Gasteiger partial charge in [0, 0.05) is 11.8 Å². The van der Waals surface area contributed by atoms with Crippen LogP contribution in [0.25, 0.3) is 0 Å². The van der Waals surface area contributed by atoms with Gasteiger partial charge in [0.25, 0.3) is 0 Å². The van der Waals surface area contributed by atoms with Crippen LogP contribution in [0.1, 0.15) is 13.8 Å². The molecule has 5 nitrogen and oxygen atoms in total. The van der Waals surface area contributed by atoms with Crippen LogP contribution >= 0.6 is 0 Å². The third-order valence-electron chi connectivity index (χ3n) is 2.05. The van der Waals surface area contributed by atoms with E-state index in [1.54, 1.807) is 24.3 Å². The average Bonchev–Trinajstić information content (AvgIpc) is 2.28. The molecule has 5 heteroatoms. The van der Waals surface area contributed by atoms with E-state index in [9.17, 15) is 0 Å². The molecular formula is C13H15N3O2. The quantitative estimate of drug-likeness (QED) is 0.838. The second kappa shape index (κ2) is 5.35. The summed E-state index contributed by atoms with van der Waals surface area (Å²) in [7, 11) is 0. The first-order chi connectivity index (χ1) is 8.63. The van der Waals surface area contributed by atoms with Gasteiger partial charge in [-0.1, -0.05) is 6.07 Å².